The average molecular weight is 453 g/mol. The number of benzene rings is 1. The molecule has 0 N–H and O–H groups in total. The molecule has 6 aliphatic rings. The van der Waals surface area contributed by atoms with Gasteiger partial charge in [0.25, 0.3) is 0 Å². The molecule has 1 aromatic carbocycles. The zero-order valence-electron chi connectivity index (χ0n) is 20.6. The molecular weight excluding hydrogens is 416 g/mol. The van der Waals surface area contributed by atoms with E-state index in [0.717, 1.165) is 63.0 Å². The SMILES string of the molecule is CCCC(C)(N=[N+]=[N-])[C@H]1C[C@@]23CC[C@]1(OC)[C@@H]1Oc4c(OC)ccc5c4[C@@]12CCN(C)[C@@H]3C5. The van der Waals surface area contributed by atoms with Crippen LogP contribution in [0.3, 0.4) is 0 Å². The lowest BCUT2D eigenvalue weighted by molar-refractivity contribution is -0.285. The predicted molar refractivity (Wildman–Crippen MR) is 126 cm³/mol. The Hall–Kier alpha value is -1.95. The van der Waals surface area contributed by atoms with Crippen molar-refractivity contribution in [1.29, 1.82) is 0 Å². The van der Waals surface area contributed by atoms with E-state index in [4.69, 9.17) is 14.2 Å². The highest BCUT2D eigenvalue weighted by atomic mass is 16.6. The summed E-state index contributed by atoms with van der Waals surface area (Å²) in [6.45, 7) is 5.39. The summed E-state index contributed by atoms with van der Waals surface area (Å²) >= 11 is 0. The highest BCUT2D eigenvalue weighted by Crippen LogP contribution is 2.77. The third-order valence-electron chi connectivity index (χ3n) is 10.6. The van der Waals surface area contributed by atoms with Crippen LogP contribution in [0.2, 0.25) is 0 Å². The Morgan fingerprint density at radius 2 is 2.12 bits per heavy atom. The molecule has 2 spiro atoms. The number of hydrogen-bond acceptors (Lipinski definition) is 5. The number of likely N-dealkylation sites (tertiary alicyclic amines) is 1. The summed E-state index contributed by atoms with van der Waals surface area (Å²) < 4.78 is 19.4. The lowest BCUT2D eigenvalue weighted by atomic mass is 9.33. The summed E-state index contributed by atoms with van der Waals surface area (Å²) in [4.78, 5) is 5.94. The summed E-state index contributed by atoms with van der Waals surface area (Å²) in [7, 11) is 5.89. The number of fused-ring (bicyclic) bond motifs is 2. The van der Waals surface area contributed by atoms with Crippen molar-refractivity contribution in [3.05, 3.63) is 33.7 Å². The smallest absolute Gasteiger partial charge is 0.165 e. The van der Waals surface area contributed by atoms with Gasteiger partial charge < -0.3 is 19.1 Å². The molecule has 1 saturated heterocycles. The molecule has 2 heterocycles. The third kappa shape index (κ3) is 2.23. The van der Waals surface area contributed by atoms with Crippen molar-refractivity contribution in [3.63, 3.8) is 0 Å². The lowest BCUT2D eigenvalue weighted by Crippen LogP contribution is -2.82. The molecule has 178 valence electrons. The standard InChI is InChI=1S/C26H36N4O3/c1-6-9-23(2,28-29-27)18-15-24-10-11-26(18,32-5)22-25(24)12-13-30(3)19(24)14-16-7-8-17(31-4)21(33-22)20(16)25/h7-8,18-19,22H,6,9-15H2,1-5H3/t18-,19-,22-,23?,24-,25+,26-/m1/s1. The minimum atomic E-state index is -0.510. The number of hydrogen-bond donors (Lipinski definition) is 0. The van der Waals surface area contributed by atoms with Crippen molar-refractivity contribution in [2.45, 2.75) is 87.5 Å². The Kier molecular flexibility index (Phi) is 4.45. The molecular formula is C26H36N4O3. The number of rotatable bonds is 6. The van der Waals surface area contributed by atoms with Gasteiger partial charge in [0.15, 0.2) is 11.5 Å². The number of likely N-dealkylation sites (N-methyl/N-ethyl adjacent to an activating group) is 1. The van der Waals surface area contributed by atoms with Gasteiger partial charge in [0.05, 0.1) is 12.6 Å². The van der Waals surface area contributed by atoms with E-state index in [1.807, 2.05) is 7.11 Å². The first-order chi connectivity index (χ1) is 15.9. The van der Waals surface area contributed by atoms with Gasteiger partial charge in [-0.1, -0.05) is 31.4 Å². The first kappa shape index (κ1) is 21.6. The second-order valence-electron chi connectivity index (χ2n) is 11.4. The summed E-state index contributed by atoms with van der Waals surface area (Å²) in [6.07, 6.45) is 6.93. The maximum Gasteiger partial charge on any atom is 0.165 e. The van der Waals surface area contributed by atoms with E-state index in [9.17, 15) is 5.53 Å². The van der Waals surface area contributed by atoms with E-state index in [1.165, 1.54) is 11.1 Å². The molecule has 7 heteroatoms. The Bertz CT molecular complexity index is 1060. The van der Waals surface area contributed by atoms with Crippen molar-refractivity contribution >= 4 is 0 Å². The minimum Gasteiger partial charge on any atom is -0.493 e. The van der Waals surface area contributed by atoms with Crippen LogP contribution in [0.4, 0.5) is 0 Å². The maximum absolute atomic E-state index is 9.58. The molecule has 0 radical (unpaired) electrons. The Labute approximate surface area is 196 Å². The number of methoxy groups -OCH3 is 2. The van der Waals surface area contributed by atoms with Gasteiger partial charge >= 0.3 is 0 Å². The fourth-order valence-electron chi connectivity index (χ4n) is 9.46. The maximum atomic E-state index is 9.58. The van der Waals surface area contributed by atoms with E-state index in [-0.39, 0.29) is 22.9 Å². The largest absolute Gasteiger partial charge is 0.493 e. The van der Waals surface area contributed by atoms with Crippen LogP contribution in [0.5, 0.6) is 11.5 Å². The third-order valence-corrected chi connectivity index (χ3v) is 10.6. The van der Waals surface area contributed by atoms with E-state index in [2.05, 4.69) is 48.0 Å². The quantitative estimate of drug-likeness (QED) is 0.345. The number of ether oxygens (including phenoxy) is 3. The van der Waals surface area contributed by atoms with Crippen LogP contribution in [-0.4, -0.2) is 56.0 Å². The molecule has 4 aliphatic carbocycles. The molecule has 33 heavy (non-hydrogen) atoms. The second-order valence-corrected chi connectivity index (χ2v) is 11.4. The molecule has 4 bridgehead atoms. The van der Waals surface area contributed by atoms with Gasteiger partial charge in [0, 0.05) is 40.4 Å². The normalized spacial score (nSPS) is 41.5. The van der Waals surface area contributed by atoms with Gasteiger partial charge in [0.2, 0.25) is 0 Å². The molecule has 1 unspecified atom stereocenters. The monoisotopic (exact) mass is 452 g/mol. The van der Waals surface area contributed by atoms with E-state index in [0.29, 0.717) is 6.04 Å². The highest BCUT2D eigenvalue weighted by Gasteiger charge is 2.81. The van der Waals surface area contributed by atoms with Crippen molar-refractivity contribution in [1.82, 2.24) is 4.90 Å². The van der Waals surface area contributed by atoms with Gasteiger partial charge in [0.1, 0.15) is 11.7 Å². The van der Waals surface area contributed by atoms with Crippen LogP contribution in [-0.2, 0) is 16.6 Å². The molecule has 7 nitrogen and oxygen atoms in total. The second kappa shape index (κ2) is 6.80. The summed E-state index contributed by atoms with van der Waals surface area (Å²) in [5.74, 6) is 1.88. The van der Waals surface area contributed by atoms with Crippen LogP contribution in [0.1, 0.15) is 63.5 Å². The van der Waals surface area contributed by atoms with Crippen molar-refractivity contribution in [3.8, 4) is 11.5 Å². The molecule has 3 saturated carbocycles. The minimum absolute atomic E-state index is 0.0735. The van der Waals surface area contributed by atoms with E-state index >= 15 is 0 Å². The molecule has 0 amide bonds. The van der Waals surface area contributed by atoms with Gasteiger partial charge in [-0.2, -0.15) is 0 Å². The summed E-state index contributed by atoms with van der Waals surface area (Å²) in [5, 5.41) is 4.48. The van der Waals surface area contributed by atoms with Gasteiger partial charge in [-0.05, 0) is 69.3 Å². The number of azide groups is 1. The van der Waals surface area contributed by atoms with Crippen molar-refractivity contribution in [2.75, 3.05) is 27.8 Å². The Morgan fingerprint density at radius 1 is 1.30 bits per heavy atom. The Balaban J connectivity index is 1.64. The van der Waals surface area contributed by atoms with E-state index in [1.54, 1.807) is 7.11 Å². The highest BCUT2D eigenvalue weighted by molar-refractivity contribution is 5.63. The van der Waals surface area contributed by atoms with Crippen LogP contribution in [0.15, 0.2) is 17.2 Å². The van der Waals surface area contributed by atoms with Gasteiger partial charge in [-0.3, -0.25) is 0 Å². The van der Waals surface area contributed by atoms with Crippen molar-refractivity contribution < 1.29 is 14.2 Å². The van der Waals surface area contributed by atoms with Crippen LogP contribution >= 0.6 is 0 Å². The molecule has 7 rings (SSSR count). The topological polar surface area (TPSA) is 79.7 Å². The molecule has 1 aromatic rings. The molecule has 4 fully saturated rings. The first-order valence-electron chi connectivity index (χ1n) is 12.6. The zero-order chi connectivity index (χ0) is 23.2. The fraction of sp³-hybridized carbons (Fsp3) is 0.769. The average Bonchev–Trinajstić information content (AvgIpc) is 3.18. The molecule has 7 atom stereocenters. The fourth-order valence-corrected chi connectivity index (χ4v) is 9.46. The number of piperidine rings is 1. The van der Waals surface area contributed by atoms with Crippen LogP contribution in [0.25, 0.3) is 10.4 Å². The molecule has 0 aromatic heterocycles. The summed E-state index contributed by atoms with van der Waals surface area (Å²) in [5.41, 5.74) is 11.4. The lowest BCUT2D eigenvalue weighted by Gasteiger charge is -2.75. The zero-order valence-corrected chi connectivity index (χ0v) is 20.6. The molecule has 2 aliphatic heterocycles. The first-order valence-corrected chi connectivity index (χ1v) is 12.6. The predicted octanol–water partition coefficient (Wildman–Crippen LogP) is 5.01. The van der Waals surface area contributed by atoms with Gasteiger partial charge in [-0.15, -0.1) is 0 Å². The van der Waals surface area contributed by atoms with Crippen molar-refractivity contribution in [2.24, 2.45) is 16.4 Å². The Morgan fingerprint density at radius 3 is 2.82 bits per heavy atom. The van der Waals surface area contributed by atoms with E-state index < -0.39 is 11.1 Å². The van der Waals surface area contributed by atoms with Gasteiger partial charge in [-0.25, -0.2) is 0 Å². The van der Waals surface area contributed by atoms with Crippen LogP contribution in [0, 0.1) is 11.3 Å². The number of nitrogens with zero attached hydrogens (tertiary/aromatic N) is 4. The van der Waals surface area contributed by atoms with Crippen LogP contribution < -0.4 is 9.47 Å². The summed E-state index contributed by atoms with van der Waals surface area (Å²) in [6, 6.07) is 4.80.